The molecule has 0 spiro atoms. The lowest BCUT2D eigenvalue weighted by atomic mass is 9.96. The van der Waals surface area contributed by atoms with Crippen LogP contribution >= 0.6 is 0 Å². The van der Waals surface area contributed by atoms with Gasteiger partial charge in [0.1, 0.15) is 11.4 Å². The Morgan fingerprint density at radius 1 is 1.11 bits per heavy atom. The van der Waals surface area contributed by atoms with Crippen molar-refractivity contribution in [2.75, 3.05) is 38.3 Å². The van der Waals surface area contributed by atoms with Crippen molar-refractivity contribution in [2.45, 2.75) is 32.1 Å². The van der Waals surface area contributed by atoms with E-state index in [1.807, 2.05) is 53.4 Å². The van der Waals surface area contributed by atoms with Gasteiger partial charge in [-0.3, -0.25) is 9.59 Å². The van der Waals surface area contributed by atoms with E-state index < -0.39 is 11.8 Å². The summed E-state index contributed by atoms with van der Waals surface area (Å²) in [6.07, 6.45) is 1.83. The second-order valence-corrected chi connectivity index (χ2v) is 8.89. The molecule has 1 aliphatic rings. The van der Waals surface area contributed by atoms with E-state index in [9.17, 15) is 14.9 Å². The lowest BCUT2D eigenvalue weighted by molar-refractivity contribution is -0.148. The Balaban J connectivity index is 1.52. The van der Waals surface area contributed by atoms with E-state index in [0.717, 1.165) is 11.3 Å². The average molecular weight is 502 g/mol. The van der Waals surface area contributed by atoms with Crippen molar-refractivity contribution in [2.24, 2.45) is 5.92 Å². The van der Waals surface area contributed by atoms with Gasteiger partial charge < -0.3 is 19.7 Å². The zero-order valence-electron chi connectivity index (χ0n) is 21.1. The van der Waals surface area contributed by atoms with Crippen molar-refractivity contribution in [3.8, 4) is 11.8 Å². The van der Waals surface area contributed by atoms with E-state index in [1.54, 1.807) is 14.0 Å². The molecular formula is C28H31N5O4. The van der Waals surface area contributed by atoms with E-state index in [-0.39, 0.29) is 11.9 Å². The second kappa shape index (κ2) is 12.2. The molecule has 0 bridgehead atoms. The highest BCUT2D eigenvalue weighted by molar-refractivity contribution is 5.89. The number of piperidine rings is 1. The number of carbonyl (C=O) groups is 2. The molecule has 1 N–H and O–H groups in total. The Morgan fingerprint density at radius 2 is 1.78 bits per heavy atom. The highest BCUT2D eigenvalue weighted by Gasteiger charge is 2.32. The van der Waals surface area contributed by atoms with Crippen molar-refractivity contribution in [3.05, 3.63) is 59.8 Å². The van der Waals surface area contributed by atoms with Gasteiger partial charge in [-0.1, -0.05) is 24.3 Å². The molecule has 9 heteroatoms. The van der Waals surface area contributed by atoms with Crippen LogP contribution in [0, 0.1) is 17.2 Å². The minimum atomic E-state index is -1.12. The average Bonchev–Trinajstić information content (AvgIpc) is 2.93. The van der Waals surface area contributed by atoms with E-state index in [0.29, 0.717) is 68.0 Å². The molecule has 3 aromatic rings. The number of anilines is 1. The summed E-state index contributed by atoms with van der Waals surface area (Å²) in [6, 6.07) is 17.2. The van der Waals surface area contributed by atoms with Crippen molar-refractivity contribution in [3.63, 3.8) is 0 Å². The van der Waals surface area contributed by atoms with Gasteiger partial charge in [0.25, 0.3) is 0 Å². The number of nitriles is 1. The standard InChI is InChI=1S/C28H31N5O4/c1-3-37-28(35)20-13-16-33(17-14-20)26-25(31-23-6-4-5-7-24(23)32-26)22(18-29)27(34)30-15-12-19-8-10-21(36-2)11-9-19/h4-11,20,22H,3,12-17H2,1-2H3,(H,30,34)/t22-/m0/s1. The van der Waals surface area contributed by atoms with E-state index >= 15 is 0 Å². The third-order valence-corrected chi connectivity index (χ3v) is 6.53. The molecule has 1 fully saturated rings. The number of nitrogens with one attached hydrogen (secondary N) is 1. The van der Waals surface area contributed by atoms with Crippen LogP contribution in [0.1, 0.15) is 36.9 Å². The maximum Gasteiger partial charge on any atom is 0.309 e. The topological polar surface area (TPSA) is 117 Å². The van der Waals surface area contributed by atoms with Crippen LogP contribution < -0.4 is 15.0 Å². The molecule has 1 atom stereocenters. The summed E-state index contributed by atoms with van der Waals surface area (Å²) in [5, 5.41) is 12.9. The van der Waals surface area contributed by atoms with E-state index in [2.05, 4.69) is 11.4 Å². The molecule has 192 valence electrons. The summed E-state index contributed by atoms with van der Waals surface area (Å²) >= 11 is 0. The Morgan fingerprint density at radius 3 is 2.41 bits per heavy atom. The summed E-state index contributed by atoms with van der Waals surface area (Å²) in [5.41, 5.74) is 2.68. The van der Waals surface area contributed by atoms with Crippen LogP contribution in [0.4, 0.5) is 5.82 Å². The number of benzene rings is 2. The van der Waals surface area contributed by atoms with Gasteiger partial charge in [-0.15, -0.1) is 0 Å². The molecule has 9 nitrogen and oxygen atoms in total. The van der Waals surface area contributed by atoms with Crippen molar-refractivity contribution < 1.29 is 19.1 Å². The van der Waals surface area contributed by atoms with Gasteiger partial charge >= 0.3 is 5.97 Å². The van der Waals surface area contributed by atoms with Crippen LogP contribution in [0.3, 0.4) is 0 Å². The van der Waals surface area contributed by atoms with Crippen LogP contribution in [0.15, 0.2) is 48.5 Å². The van der Waals surface area contributed by atoms with Crippen molar-refractivity contribution in [1.29, 1.82) is 5.26 Å². The number of esters is 1. The Kier molecular flexibility index (Phi) is 8.52. The lowest BCUT2D eigenvalue weighted by Gasteiger charge is -2.33. The second-order valence-electron chi connectivity index (χ2n) is 8.89. The van der Waals surface area contributed by atoms with Crippen LogP contribution in [0.25, 0.3) is 11.0 Å². The number of nitrogens with zero attached hydrogens (tertiary/aromatic N) is 4. The first kappa shape index (κ1) is 25.9. The number of hydrogen-bond donors (Lipinski definition) is 1. The molecule has 2 heterocycles. The highest BCUT2D eigenvalue weighted by atomic mass is 16.5. The normalized spacial score (nSPS) is 14.6. The number of methoxy groups -OCH3 is 1. The van der Waals surface area contributed by atoms with Gasteiger partial charge in [0, 0.05) is 19.6 Å². The number of aromatic nitrogens is 2. The van der Waals surface area contributed by atoms with Gasteiger partial charge in [0.05, 0.1) is 36.7 Å². The minimum Gasteiger partial charge on any atom is -0.497 e. The zero-order chi connectivity index (χ0) is 26.2. The number of hydrogen-bond acceptors (Lipinski definition) is 8. The van der Waals surface area contributed by atoms with Crippen molar-refractivity contribution in [1.82, 2.24) is 15.3 Å². The molecule has 1 aliphatic heterocycles. The molecule has 1 saturated heterocycles. The lowest BCUT2D eigenvalue weighted by Crippen LogP contribution is -2.39. The molecular weight excluding hydrogens is 470 g/mol. The third-order valence-electron chi connectivity index (χ3n) is 6.53. The maximum absolute atomic E-state index is 13.1. The molecule has 4 rings (SSSR count). The molecule has 0 radical (unpaired) electrons. The summed E-state index contributed by atoms with van der Waals surface area (Å²) in [4.78, 5) is 36.9. The molecule has 1 amide bonds. The molecule has 0 aliphatic carbocycles. The Hall–Kier alpha value is -4.19. The smallest absolute Gasteiger partial charge is 0.309 e. The first-order valence-corrected chi connectivity index (χ1v) is 12.5. The first-order valence-electron chi connectivity index (χ1n) is 12.5. The Labute approximate surface area is 216 Å². The number of carbonyl (C=O) groups excluding carboxylic acids is 2. The predicted molar refractivity (Wildman–Crippen MR) is 139 cm³/mol. The third kappa shape index (κ3) is 6.15. The van der Waals surface area contributed by atoms with Gasteiger partial charge in [-0.2, -0.15) is 5.26 Å². The van der Waals surface area contributed by atoms with Gasteiger partial charge in [-0.25, -0.2) is 9.97 Å². The fourth-order valence-electron chi connectivity index (χ4n) is 4.49. The number of amides is 1. The van der Waals surface area contributed by atoms with Gasteiger partial charge in [0.15, 0.2) is 11.7 Å². The van der Waals surface area contributed by atoms with Crippen molar-refractivity contribution >= 4 is 28.7 Å². The number of ether oxygens (including phenoxy) is 2. The molecule has 1 aromatic heterocycles. The number of fused-ring (bicyclic) bond motifs is 1. The largest absolute Gasteiger partial charge is 0.497 e. The fourth-order valence-corrected chi connectivity index (χ4v) is 4.49. The van der Waals surface area contributed by atoms with Gasteiger partial charge in [-0.05, 0) is 56.0 Å². The van der Waals surface area contributed by atoms with Crippen LogP contribution in [-0.4, -0.2) is 55.2 Å². The minimum absolute atomic E-state index is 0.166. The zero-order valence-corrected chi connectivity index (χ0v) is 21.1. The summed E-state index contributed by atoms with van der Waals surface area (Å²) in [6.45, 7) is 3.65. The molecule has 37 heavy (non-hydrogen) atoms. The summed E-state index contributed by atoms with van der Waals surface area (Å²) < 4.78 is 10.4. The summed E-state index contributed by atoms with van der Waals surface area (Å²) in [7, 11) is 1.61. The quantitative estimate of drug-likeness (QED) is 0.444. The first-order chi connectivity index (χ1) is 18.0. The molecule has 0 saturated carbocycles. The fraction of sp³-hybridized carbons (Fsp3) is 0.393. The number of para-hydroxylation sites is 2. The maximum atomic E-state index is 13.1. The summed E-state index contributed by atoms with van der Waals surface area (Å²) in [5.74, 6) is -0.600. The Bertz CT molecular complexity index is 1280. The predicted octanol–water partition coefficient (Wildman–Crippen LogP) is 3.38. The van der Waals surface area contributed by atoms with Crippen LogP contribution in [0.5, 0.6) is 5.75 Å². The van der Waals surface area contributed by atoms with Crippen LogP contribution in [0.2, 0.25) is 0 Å². The molecule has 0 unspecified atom stereocenters. The van der Waals surface area contributed by atoms with Gasteiger partial charge in [0.2, 0.25) is 5.91 Å². The van der Waals surface area contributed by atoms with E-state index in [1.165, 1.54) is 0 Å². The van der Waals surface area contributed by atoms with E-state index in [4.69, 9.17) is 19.4 Å². The monoisotopic (exact) mass is 501 g/mol. The highest BCUT2D eigenvalue weighted by Crippen LogP contribution is 2.30. The SMILES string of the molecule is CCOC(=O)C1CCN(c2nc3ccccc3nc2[C@H](C#N)C(=O)NCCc2ccc(OC)cc2)CC1. The number of rotatable bonds is 9. The van der Waals surface area contributed by atoms with Crippen LogP contribution in [-0.2, 0) is 20.7 Å². The molecule has 2 aromatic carbocycles.